The molecule has 1 amide bonds. The molecule has 1 heterocycles. The van der Waals surface area contributed by atoms with Crippen LogP contribution in [0.3, 0.4) is 0 Å². The van der Waals surface area contributed by atoms with E-state index in [0.29, 0.717) is 31.2 Å². The Balaban J connectivity index is 1.43. The number of hydrogen-bond donors (Lipinski definition) is 0. The van der Waals surface area contributed by atoms with Crippen molar-refractivity contribution in [2.24, 2.45) is 0 Å². The minimum absolute atomic E-state index is 0.161. The highest BCUT2D eigenvalue weighted by atomic mass is 35.5. The van der Waals surface area contributed by atoms with Crippen molar-refractivity contribution in [1.82, 2.24) is 4.90 Å². The van der Waals surface area contributed by atoms with Gasteiger partial charge in [-0.25, -0.2) is 0 Å². The van der Waals surface area contributed by atoms with Gasteiger partial charge in [-0.05, 0) is 24.6 Å². The number of anilines is 1. The lowest BCUT2D eigenvalue weighted by Gasteiger charge is -2.36. The third kappa shape index (κ3) is 5.23. The molecule has 1 aliphatic rings. The molecule has 0 spiro atoms. The second-order valence-electron chi connectivity index (χ2n) is 6.64. The average molecular weight is 387 g/mol. The van der Waals surface area contributed by atoms with Crippen molar-refractivity contribution in [2.75, 3.05) is 37.7 Å². The van der Waals surface area contributed by atoms with E-state index in [0.717, 1.165) is 16.8 Å². The molecule has 0 atom stereocenters. The lowest BCUT2D eigenvalue weighted by Crippen LogP contribution is -2.50. The maximum absolute atomic E-state index is 12.3. The van der Waals surface area contributed by atoms with Crippen molar-refractivity contribution in [3.63, 3.8) is 0 Å². The summed E-state index contributed by atoms with van der Waals surface area (Å²) in [6.07, 6.45) is 0.174. The van der Waals surface area contributed by atoms with Gasteiger partial charge in [-0.3, -0.25) is 9.59 Å². The lowest BCUT2D eigenvalue weighted by molar-refractivity contribution is -0.151. The van der Waals surface area contributed by atoms with Crippen molar-refractivity contribution in [3.05, 3.63) is 64.7 Å². The Kier molecular flexibility index (Phi) is 6.35. The molecule has 3 rings (SSSR count). The monoisotopic (exact) mass is 386 g/mol. The van der Waals surface area contributed by atoms with Crippen LogP contribution in [-0.2, 0) is 20.7 Å². The summed E-state index contributed by atoms with van der Waals surface area (Å²) < 4.78 is 5.16. The van der Waals surface area contributed by atoms with Gasteiger partial charge >= 0.3 is 5.97 Å². The number of halogens is 1. The summed E-state index contributed by atoms with van der Waals surface area (Å²) in [5.74, 6) is -0.548. The SMILES string of the molecule is Cc1ccc(CC(=O)OCC(=O)N2CCN(c3ccccc3Cl)CC2)cc1. The summed E-state index contributed by atoms with van der Waals surface area (Å²) in [5.41, 5.74) is 3.00. The van der Waals surface area contributed by atoms with Crippen molar-refractivity contribution >= 4 is 29.2 Å². The molecular formula is C21H23ClN2O3. The van der Waals surface area contributed by atoms with Crippen molar-refractivity contribution in [1.29, 1.82) is 0 Å². The Morgan fingerprint density at radius 1 is 1.00 bits per heavy atom. The normalized spacial score (nSPS) is 14.1. The van der Waals surface area contributed by atoms with E-state index in [4.69, 9.17) is 16.3 Å². The van der Waals surface area contributed by atoms with Gasteiger partial charge in [0, 0.05) is 26.2 Å². The first-order valence-corrected chi connectivity index (χ1v) is 9.39. The fourth-order valence-electron chi connectivity index (χ4n) is 3.06. The Morgan fingerprint density at radius 2 is 1.67 bits per heavy atom. The Morgan fingerprint density at radius 3 is 2.33 bits per heavy atom. The van der Waals surface area contributed by atoms with E-state index in [1.54, 1.807) is 4.90 Å². The van der Waals surface area contributed by atoms with Gasteiger partial charge in [0.25, 0.3) is 5.91 Å². The van der Waals surface area contributed by atoms with Crippen LogP contribution in [0.1, 0.15) is 11.1 Å². The van der Waals surface area contributed by atoms with Gasteiger partial charge in [-0.2, -0.15) is 0 Å². The summed E-state index contributed by atoms with van der Waals surface area (Å²) in [6, 6.07) is 15.4. The molecule has 1 fully saturated rings. The van der Waals surface area contributed by atoms with Gasteiger partial charge in [0.1, 0.15) is 0 Å². The van der Waals surface area contributed by atoms with E-state index >= 15 is 0 Å². The predicted molar refractivity (Wildman–Crippen MR) is 106 cm³/mol. The molecule has 2 aromatic carbocycles. The molecule has 0 N–H and O–H groups in total. The summed E-state index contributed by atoms with van der Waals surface area (Å²) in [4.78, 5) is 28.1. The average Bonchev–Trinajstić information content (AvgIpc) is 2.68. The van der Waals surface area contributed by atoms with Crippen LogP contribution in [-0.4, -0.2) is 49.6 Å². The zero-order valence-corrected chi connectivity index (χ0v) is 16.1. The lowest BCUT2D eigenvalue weighted by atomic mass is 10.1. The second-order valence-corrected chi connectivity index (χ2v) is 7.05. The molecule has 5 nitrogen and oxygen atoms in total. The predicted octanol–water partition coefficient (Wildman–Crippen LogP) is 3.08. The summed E-state index contributed by atoms with van der Waals surface area (Å²) in [6.45, 7) is 4.35. The zero-order chi connectivity index (χ0) is 19.2. The quantitative estimate of drug-likeness (QED) is 0.741. The van der Waals surface area contributed by atoms with Gasteiger partial charge < -0.3 is 14.5 Å². The topological polar surface area (TPSA) is 49.9 Å². The number of carbonyl (C=O) groups excluding carboxylic acids is 2. The maximum Gasteiger partial charge on any atom is 0.310 e. The summed E-state index contributed by atoms with van der Waals surface area (Å²) in [5, 5.41) is 0.710. The molecule has 1 aliphatic heterocycles. The number of nitrogens with zero attached hydrogens (tertiary/aromatic N) is 2. The highest BCUT2D eigenvalue weighted by molar-refractivity contribution is 6.33. The molecular weight excluding hydrogens is 364 g/mol. The van der Waals surface area contributed by atoms with Gasteiger partial charge in [-0.15, -0.1) is 0 Å². The van der Waals surface area contributed by atoms with Crippen LogP contribution in [0.25, 0.3) is 0 Å². The second kappa shape index (κ2) is 8.91. The Labute approximate surface area is 164 Å². The molecule has 6 heteroatoms. The molecule has 0 bridgehead atoms. The van der Waals surface area contributed by atoms with E-state index in [2.05, 4.69) is 4.90 Å². The number of amides is 1. The van der Waals surface area contributed by atoms with Crippen molar-refractivity contribution in [3.8, 4) is 0 Å². The van der Waals surface area contributed by atoms with E-state index in [1.165, 1.54) is 0 Å². The van der Waals surface area contributed by atoms with Crippen molar-refractivity contribution < 1.29 is 14.3 Å². The molecule has 1 saturated heterocycles. The van der Waals surface area contributed by atoms with Gasteiger partial charge in [-0.1, -0.05) is 53.6 Å². The number of ether oxygens (including phenoxy) is 1. The highest BCUT2D eigenvalue weighted by Crippen LogP contribution is 2.26. The fraction of sp³-hybridized carbons (Fsp3) is 0.333. The fourth-order valence-corrected chi connectivity index (χ4v) is 3.32. The standard InChI is InChI=1S/C21H23ClN2O3/c1-16-6-8-17(9-7-16)14-21(26)27-15-20(25)24-12-10-23(11-13-24)19-5-3-2-4-18(19)22/h2-9H,10-15H2,1H3. The number of aryl methyl sites for hydroxylation is 1. The highest BCUT2D eigenvalue weighted by Gasteiger charge is 2.23. The van der Waals surface area contributed by atoms with Crippen LogP contribution < -0.4 is 4.90 Å². The molecule has 2 aromatic rings. The zero-order valence-electron chi connectivity index (χ0n) is 15.4. The molecule has 0 saturated carbocycles. The molecule has 142 valence electrons. The third-order valence-corrected chi connectivity index (χ3v) is 4.97. The van der Waals surface area contributed by atoms with E-state index in [9.17, 15) is 9.59 Å². The van der Waals surface area contributed by atoms with Crippen molar-refractivity contribution in [2.45, 2.75) is 13.3 Å². The number of benzene rings is 2. The van der Waals surface area contributed by atoms with Crippen LogP contribution in [0.2, 0.25) is 5.02 Å². The maximum atomic E-state index is 12.3. The van der Waals surface area contributed by atoms with E-state index in [-0.39, 0.29) is 24.9 Å². The number of piperazine rings is 1. The smallest absolute Gasteiger partial charge is 0.310 e. The molecule has 0 unspecified atom stereocenters. The number of rotatable bonds is 5. The van der Waals surface area contributed by atoms with Crippen LogP contribution >= 0.6 is 11.6 Å². The molecule has 0 aliphatic carbocycles. The van der Waals surface area contributed by atoms with Crippen LogP contribution in [0.5, 0.6) is 0 Å². The first-order chi connectivity index (χ1) is 13.0. The minimum Gasteiger partial charge on any atom is -0.455 e. The van der Waals surface area contributed by atoms with Crippen LogP contribution in [0.4, 0.5) is 5.69 Å². The van der Waals surface area contributed by atoms with E-state index < -0.39 is 0 Å². The van der Waals surface area contributed by atoms with Gasteiger partial charge in [0.2, 0.25) is 0 Å². The first kappa shape index (κ1) is 19.2. The van der Waals surface area contributed by atoms with E-state index in [1.807, 2.05) is 55.5 Å². The molecule has 27 heavy (non-hydrogen) atoms. The summed E-state index contributed by atoms with van der Waals surface area (Å²) >= 11 is 6.24. The number of para-hydroxylation sites is 1. The summed E-state index contributed by atoms with van der Waals surface area (Å²) in [7, 11) is 0. The largest absolute Gasteiger partial charge is 0.455 e. The number of carbonyl (C=O) groups is 2. The Bertz CT molecular complexity index is 799. The third-order valence-electron chi connectivity index (χ3n) is 4.65. The Hall–Kier alpha value is -2.53. The minimum atomic E-state index is -0.387. The molecule has 0 aromatic heterocycles. The van der Waals surface area contributed by atoms with Crippen LogP contribution in [0, 0.1) is 6.92 Å². The number of esters is 1. The molecule has 0 radical (unpaired) electrons. The van der Waals surface area contributed by atoms with Gasteiger partial charge in [0.15, 0.2) is 6.61 Å². The van der Waals surface area contributed by atoms with Crippen LogP contribution in [0.15, 0.2) is 48.5 Å². The number of hydrogen-bond acceptors (Lipinski definition) is 4. The van der Waals surface area contributed by atoms with Gasteiger partial charge in [0.05, 0.1) is 17.1 Å². The first-order valence-electron chi connectivity index (χ1n) is 9.01.